The number of imidazole rings is 1. The molecule has 1 aliphatic rings. The van der Waals surface area contributed by atoms with Crippen LogP contribution in [0.4, 0.5) is 5.13 Å². The first-order valence-electron chi connectivity index (χ1n) is 13.9. The minimum Gasteiger partial charge on any atom is -0.505 e. The predicted molar refractivity (Wildman–Crippen MR) is 164 cm³/mol. The summed E-state index contributed by atoms with van der Waals surface area (Å²) < 4.78 is 19.6. The number of carbonyl (C=O) groups excluding carboxylic acids is 2. The van der Waals surface area contributed by atoms with Crippen LogP contribution in [0, 0.1) is 13.8 Å². The quantitative estimate of drug-likeness (QED) is 0.132. The first kappa shape index (κ1) is 28.2. The van der Waals surface area contributed by atoms with Crippen molar-refractivity contribution in [3.63, 3.8) is 0 Å². The number of ether oxygens (including phenoxy) is 3. The molecule has 6 rings (SSSR count). The first-order valence-corrected chi connectivity index (χ1v) is 14.7. The molecule has 10 nitrogen and oxygen atoms in total. The van der Waals surface area contributed by atoms with E-state index in [-0.39, 0.29) is 17.0 Å². The molecule has 1 atom stereocenters. The van der Waals surface area contributed by atoms with Gasteiger partial charge < -0.3 is 23.7 Å². The van der Waals surface area contributed by atoms with Crippen molar-refractivity contribution in [1.82, 2.24) is 14.4 Å². The van der Waals surface area contributed by atoms with Gasteiger partial charge in [-0.3, -0.25) is 14.5 Å². The molecular weight excluding hydrogens is 568 g/mol. The highest BCUT2D eigenvalue weighted by Crippen LogP contribution is 2.46. The minimum absolute atomic E-state index is 0.0856. The van der Waals surface area contributed by atoms with Crippen molar-refractivity contribution >= 4 is 49.8 Å². The van der Waals surface area contributed by atoms with E-state index in [1.165, 1.54) is 16.2 Å². The number of amides is 1. The van der Waals surface area contributed by atoms with Gasteiger partial charge in [0.15, 0.2) is 22.4 Å². The number of benzene rings is 2. The second-order valence-corrected chi connectivity index (χ2v) is 11.0. The van der Waals surface area contributed by atoms with Crippen molar-refractivity contribution < 1.29 is 28.9 Å². The fourth-order valence-corrected chi connectivity index (χ4v) is 6.40. The monoisotopic (exact) mass is 598 g/mol. The SMILES string of the molecule is CCOc1ccc(C2/C(=C(\O)c3nc4c(C)cccn4c3C)C(=O)C(=O)N2c2nc3ccc(OC)cc3s2)cc1OCC. The third kappa shape index (κ3) is 4.65. The molecule has 4 heterocycles. The summed E-state index contributed by atoms with van der Waals surface area (Å²) in [5.41, 5.74) is 3.51. The van der Waals surface area contributed by atoms with Gasteiger partial charge in [-0.15, -0.1) is 0 Å². The second-order valence-electron chi connectivity index (χ2n) is 10.0. The Kier molecular flexibility index (Phi) is 7.26. The molecule has 5 aromatic rings. The Labute approximate surface area is 251 Å². The van der Waals surface area contributed by atoms with Crippen molar-refractivity contribution in [3.8, 4) is 17.2 Å². The van der Waals surface area contributed by atoms with Gasteiger partial charge in [0, 0.05) is 6.20 Å². The second kappa shape index (κ2) is 11.1. The molecule has 220 valence electrons. The molecule has 1 saturated heterocycles. The molecule has 0 bridgehead atoms. The fourth-order valence-electron chi connectivity index (χ4n) is 5.38. The fraction of sp³-hybridized carbons (Fsp3) is 0.250. The number of fused-ring (bicyclic) bond motifs is 2. The van der Waals surface area contributed by atoms with E-state index < -0.39 is 17.7 Å². The Morgan fingerprint density at radius 1 is 1.00 bits per heavy atom. The van der Waals surface area contributed by atoms with Crippen LogP contribution in [-0.4, -0.2) is 51.5 Å². The molecule has 3 aromatic heterocycles. The summed E-state index contributed by atoms with van der Waals surface area (Å²) in [4.78, 5) is 38.4. The molecule has 43 heavy (non-hydrogen) atoms. The number of rotatable bonds is 8. The van der Waals surface area contributed by atoms with Crippen LogP contribution in [0.2, 0.25) is 0 Å². The topological polar surface area (TPSA) is 115 Å². The summed E-state index contributed by atoms with van der Waals surface area (Å²) >= 11 is 1.25. The number of pyridine rings is 1. The summed E-state index contributed by atoms with van der Waals surface area (Å²) in [5.74, 6) is -0.362. The van der Waals surface area contributed by atoms with Crippen LogP contribution < -0.4 is 19.1 Å². The average Bonchev–Trinajstić information content (AvgIpc) is 3.65. The number of carbonyl (C=O) groups is 2. The summed E-state index contributed by atoms with van der Waals surface area (Å²) in [6.45, 7) is 8.27. The molecule has 1 N–H and O–H groups in total. The number of nitrogens with zero attached hydrogens (tertiary/aromatic N) is 4. The highest BCUT2D eigenvalue weighted by atomic mass is 32.1. The van der Waals surface area contributed by atoms with Crippen LogP contribution in [-0.2, 0) is 9.59 Å². The standard InChI is InChI=1S/C32H30N4O6S/c1-6-41-22-13-10-19(15-23(22)42-7-2)27-25(28(37)26-18(4)35-14-8-9-17(3)30(35)34-26)29(38)31(39)36(27)32-33-21-12-11-20(40-5)16-24(21)43-32/h8-16,27,37H,6-7H2,1-5H3/b28-25+. The van der Waals surface area contributed by atoms with Gasteiger partial charge in [0.25, 0.3) is 5.78 Å². The van der Waals surface area contributed by atoms with Crippen molar-refractivity contribution in [2.24, 2.45) is 0 Å². The third-order valence-electron chi connectivity index (χ3n) is 7.43. The van der Waals surface area contributed by atoms with Crippen LogP contribution in [0.3, 0.4) is 0 Å². The molecular formula is C32H30N4O6S. The van der Waals surface area contributed by atoms with Crippen LogP contribution in [0.15, 0.2) is 60.3 Å². The Morgan fingerprint density at radius 3 is 2.49 bits per heavy atom. The van der Waals surface area contributed by atoms with Crippen LogP contribution in [0.1, 0.15) is 42.4 Å². The minimum atomic E-state index is -1.01. The maximum Gasteiger partial charge on any atom is 0.301 e. The number of Topliss-reactive ketones (excluding diaryl/α,β-unsaturated/α-hetero) is 1. The number of aromatic nitrogens is 3. The lowest BCUT2D eigenvalue weighted by molar-refractivity contribution is -0.132. The molecule has 11 heteroatoms. The van der Waals surface area contributed by atoms with Crippen molar-refractivity contribution in [1.29, 1.82) is 0 Å². The Morgan fingerprint density at radius 2 is 1.77 bits per heavy atom. The molecule has 0 spiro atoms. The zero-order valence-electron chi connectivity index (χ0n) is 24.4. The Bertz CT molecular complexity index is 1940. The lowest BCUT2D eigenvalue weighted by atomic mass is 9.96. The van der Waals surface area contributed by atoms with Crippen LogP contribution in [0.5, 0.6) is 17.2 Å². The molecule has 2 aromatic carbocycles. The number of aliphatic hydroxyl groups excluding tert-OH is 1. The van der Waals surface area contributed by atoms with Gasteiger partial charge in [0.1, 0.15) is 17.1 Å². The van der Waals surface area contributed by atoms with E-state index in [9.17, 15) is 14.7 Å². The predicted octanol–water partition coefficient (Wildman–Crippen LogP) is 5.99. The Hall–Kier alpha value is -4.90. The maximum atomic E-state index is 13.8. The number of aliphatic hydroxyl groups is 1. The van der Waals surface area contributed by atoms with E-state index in [1.807, 2.05) is 56.5 Å². The van der Waals surface area contributed by atoms with Gasteiger partial charge in [-0.2, -0.15) is 0 Å². The number of hydrogen-bond donors (Lipinski definition) is 1. The van der Waals surface area contributed by atoms with Crippen molar-refractivity contribution in [3.05, 3.63) is 82.8 Å². The van der Waals surface area contributed by atoms with Gasteiger partial charge in [0.2, 0.25) is 0 Å². The van der Waals surface area contributed by atoms with Crippen LogP contribution in [0.25, 0.3) is 21.6 Å². The highest BCUT2D eigenvalue weighted by Gasteiger charge is 2.49. The molecule has 1 fully saturated rings. The van der Waals surface area contributed by atoms with Gasteiger partial charge >= 0.3 is 5.91 Å². The van der Waals surface area contributed by atoms with E-state index >= 15 is 0 Å². The van der Waals surface area contributed by atoms with Crippen LogP contribution >= 0.6 is 11.3 Å². The van der Waals surface area contributed by atoms with Gasteiger partial charge in [-0.25, -0.2) is 9.97 Å². The van der Waals surface area contributed by atoms with Crippen molar-refractivity contribution in [2.45, 2.75) is 33.7 Å². The Balaban J connectivity index is 1.59. The lowest BCUT2D eigenvalue weighted by Gasteiger charge is -2.24. The zero-order chi connectivity index (χ0) is 30.4. The smallest absolute Gasteiger partial charge is 0.301 e. The summed E-state index contributed by atoms with van der Waals surface area (Å²) in [6, 6.07) is 13.4. The van der Waals surface area contributed by atoms with E-state index in [2.05, 4.69) is 4.98 Å². The molecule has 1 amide bonds. The summed E-state index contributed by atoms with van der Waals surface area (Å²) in [7, 11) is 1.58. The summed E-state index contributed by atoms with van der Waals surface area (Å²) in [5, 5.41) is 12.1. The summed E-state index contributed by atoms with van der Waals surface area (Å²) in [6.07, 6.45) is 1.84. The number of methoxy groups -OCH3 is 1. The van der Waals surface area contributed by atoms with E-state index in [1.54, 1.807) is 37.4 Å². The molecule has 0 aliphatic carbocycles. The lowest BCUT2D eigenvalue weighted by Crippen LogP contribution is -2.29. The average molecular weight is 599 g/mol. The number of hydrogen-bond acceptors (Lipinski definition) is 9. The largest absolute Gasteiger partial charge is 0.505 e. The first-order chi connectivity index (χ1) is 20.8. The molecule has 0 radical (unpaired) electrons. The van der Waals surface area contributed by atoms with E-state index in [0.717, 1.165) is 10.3 Å². The zero-order valence-corrected chi connectivity index (χ0v) is 25.2. The third-order valence-corrected chi connectivity index (χ3v) is 8.44. The van der Waals surface area contributed by atoms with E-state index in [0.29, 0.717) is 58.0 Å². The van der Waals surface area contributed by atoms with E-state index in [4.69, 9.17) is 19.2 Å². The maximum absolute atomic E-state index is 13.8. The van der Waals surface area contributed by atoms with Gasteiger partial charge in [-0.1, -0.05) is 23.5 Å². The van der Waals surface area contributed by atoms with Gasteiger partial charge in [-0.05, 0) is 75.2 Å². The van der Waals surface area contributed by atoms with Crippen molar-refractivity contribution in [2.75, 3.05) is 25.2 Å². The number of ketones is 1. The van der Waals surface area contributed by atoms with Gasteiger partial charge in [0.05, 0.1) is 47.8 Å². The number of aryl methyl sites for hydroxylation is 2. The highest BCUT2D eigenvalue weighted by molar-refractivity contribution is 7.22. The number of thiazole rings is 1. The number of anilines is 1. The molecule has 0 saturated carbocycles. The molecule has 1 unspecified atom stereocenters. The molecule has 1 aliphatic heterocycles. The normalized spacial score (nSPS) is 16.4.